The fraction of sp³-hybridized carbons (Fsp3) is 0.278. The highest BCUT2D eigenvalue weighted by Crippen LogP contribution is 2.21. The molecule has 0 radical (unpaired) electrons. The summed E-state index contributed by atoms with van der Waals surface area (Å²) in [5.41, 5.74) is 1.08. The van der Waals surface area contributed by atoms with Crippen molar-refractivity contribution in [3.05, 3.63) is 59.0 Å². The number of amides is 1. The number of rotatable bonds is 3. The number of hydrogen-bond donors (Lipinski definition) is 1. The number of carbonyl (C=O) groups is 1. The average Bonchev–Trinajstić information content (AvgIpc) is 3.05. The lowest BCUT2D eigenvalue weighted by Crippen LogP contribution is -2.45. The molecule has 8 heteroatoms. The molecule has 1 saturated heterocycles. The number of halogens is 2. The van der Waals surface area contributed by atoms with Gasteiger partial charge in [-0.2, -0.15) is 0 Å². The van der Waals surface area contributed by atoms with Gasteiger partial charge >= 0.3 is 0 Å². The summed E-state index contributed by atoms with van der Waals surface area (Å²) >= 11 is 6.07. The highest BCUT2D eigenvalue weighted by molar-refractivity contribution is 6.30. The van der Waals surface area contributed by atoms with E-state index in [-0.39, 0.29) is 11.9 Å². The van der Waals surface area contributed by atoms with Crippen molar-refractivity contribution in [1.82, 2.24) is 19.9 Å². The quantitative estimate of drug-likeness (QED) is 0.766. The number of hydrogen-bond acceptors (Lipinski definition) is 4. The van der Waals surface area contributed by atoms with Crippen molar-refractivity contribution in [3.63, 3.8) is 0 Å². The van der Waals surface area contributed by atoms with Gasteiger partial charge in [-0.25, -0.2) is 4.39 Å². The Morgan fingerprint density at radius 2 is 2.00 bits per heavy atom. The Balaban J connectivity index is 1.41. The first kappa shape index (κ1) is 16.8. The molecule has 1 aliphatic heterocycles. The number of piperidine rings is 1. The minimum absolute atomic E-state index is 0.0461. The zero-order valence-corrected chi connectivity index (χ0v) is 14.7. The summed E-state index contributed by atoms with van der Waals surface area (Å²) in [7, 11) is 0. The van der Waals surface area contributed by atoms with Crippen LogP contribution in [0, 0.1) is 5.82 Å². The van der Waals surface area contributed by atoms with Gasteiger partial charge in [0.05, 0.1) is 5.02 Å². The third-order valence-electron chi connectivity index (χ3n) is 4.55. The summed E-state index contributed by atoms with van der Waals surface area (Å²) in [6, 6.07) is 9.37. The highest BCUT2D eigenvalue weighted by atomic mass is 35.5. The second-order valence-electron chi connectivity index (χ2n) is 6.32. The number of benzene rings is 1. The van der Waals surface area contributed by atoms with E-state index in [0.29, 0.717) is 10.6 Å². The number of nitrogens with zero attached hydrogens (tertiary/aromatic N) is 4. The van der Waals surface area contributed by atoms with Gasteiger partial charge in [0, 0.05) is 30.9 Å². The van der Waals surface area contributed by atoms with Crippen LogP contribution in [0.15, 0.2) is 42.6 Å². The summed E-state index contributed by atoms with van der Waals surface area (Å²) in [4.78, 5) is 14.4. The lowest BCUT2D eigenvalue weighted by Gasteiger charge is -2.32. The number of nitrogens with one attached hydrogen (secondary N) is 1. The van der Waals surface area contributed by atoms with Gasteiger partial charge in [0.2, 0.25) is 5.95 Å². The van der Waals surface area contributed by atoms with Crippen LogP contribution in [0.25, 0.3) is 5.65 Å². The molecule has 1 amide bonds. The van der Waals surface area contributed by atoms with Crippen molar-refractivity contribution < 1.29 is 9.18 Å². The van der Waals surface area contributed by atoms with Gasteiger partial charge in [0.1, 0.15) is 5.82 Å². The van der Waals surface area contributed by atoms with Gasteiger partial charge in [-0.05, 0) is 43.2 Å². The minimum Gasteiger partial charge on any atom is -0.349 e. The fourth-order valence-corrected chi connectivity index (χ4v) is 3.35. The molecular weight excluding hydrogens is 357 g/mol. The first-order chi connectivity index (χ1) is 12.6. The van der Waals surface area contributed by atoms with Gasteiger partial charge < -0.3 is 10.2 Å². The van der Waals surface area contributed by atoms with Crippen LogP contribution in [0.4, 0.5) is 10.3 Å². The molecule has 0 atom stereocenters. The molecule has 4 rings (SSSR count). The van der Waals surface area contributed by atoms with Crippen molar-refractivity contribution in [2.24, 2.45) is 0 Å². The van der Waals surface area contributed by atoms with E-state index in [1.165, 1.54) is 18.2 Å². The zero-order valence-electron chi connectivity index (χ0n) is 13.9. The number of carbonyl (C=O) groups excluding carboxylic acids is 1. The van der Waals surface area contributed by atoms with Crippen molar-refractivity contribution in [3.8, 4) is 0 Å². The van der Waals surface area contributed by atoms with E-state index in [4.69, 9.17) is 11.6 Å². The van der Waals surface area contributed by atoms with Crippen LogP contribution in [0.5, 0.6) is 0 Å². The van der Waals surface area contributed by atoms with Gasteiger partial charge in [0.15, 0.2) is 5.65 Å². The van der Waals surface area contributed by atoms with E-state index in [0.717, 1.165) is 37.5 Å². The van der Waals surface area contributed by atoms with Gasteiger partial charge in [0.25, 0.3) is 5.91 Å². The van der Waals surface area contributed by atoms with E-state index >= 15 is 0 Å². The number of fused-ring (bicyclic) bond motifs is 1. The molecule has 1 aliphatic rings. The first-order valence-electron chi connectivity index (χ1n) is 8.42. The second kappa shape index (κ2) is 6.92. The summed E-state index contributed by atoms with van der Waals surface area (Å²) < 4.78 is 15.1. The summed E-state index contributed by atoms with van der Waals surface area (Å²) in [5.74, 6) is 0.0879. The van der Waals surface area contributed by atoms with Gasteiger partial charge in [-0.15, -0.1) is 10.2 Å². The molecule has 0 aliphatic carbocycles. The van der Waals surface area contributed by atoms with Gasteiger partial charge in [-0.1, -0.05) is 17.7 Å². The predicted octanol–water partition coefficient (Wildman–Crippen LogP) is 2.92. The molecule has 134 valence electrons. The minimum atomic E-state index is -0.412. The third-order valence-corrected chi connectivity index (χ3v) is 4.77. The Hall–Kier alpha value is -2.67. The number of pyridine rings is 1. The highest BCUT2D eigenvalue weighted by Gasteiger charge is 2.24. The Morgan fingerprint density at radius 3 is 2.77 bits per heavy atom. The van der Waals surface area contributed by atoms with Crippen LogP contribution in [0.3, 0.4) is 0 Å². The van der Waals surface area contributed by atoms with Crippen LogP contribution < -0.4 is 10.2 Å². The molecule has 0 saturated carbocycles. The molecule has 1 fully saturated rings. The predicted molar refractivity (Wildman–Crippen MR) is 97.1 cm³/mol. The number of aromatic nitrogens is 3. The molecule has 0 bridgehead atoms. The molecule has 3 aromatic rings. The summed E-state index contributed by atoms with van der Waals surface area (Å²) in [6.45, 7) is 1.48. The maximum Gasteiger partial charge on any atom is 0.251 e. The van der Waals surface area contributed by atoms with Crippen LogP contribution >= 0.6 is 11.6 Å². The normalized spacial score (nSPS) is 15.4. The molecule has 1 aromatic carbocycles. The van der Waals surface area contributed by atoms with E-state index in [1.54, 1.807) is 18.3 Å². The smallest absolute Gasteiger partial charge is 0.251 e. The van der Waals surface area contributed by atoms with Crippen molar-refractivity contribution in [2.75, 3.05) is 18.0 Å². The lowest BCUT2D eigenvalue weighted by molar-refractivity contribution is 0.0930. The van der Waals surface area contributed by atoms with Crippen molar-refractivity contribution in [2.45, 2.75) is 18.9 Å². The monoisotopic (exact) mass is 373 g/mol. The van der Waals surface area contributed by atoms with E-state index in [1.807, 2.05) is 10.5 Å². The Bertz CT molecular complexity index is 952. The SMILES string of the molecule is O=C(NC1CCN(c2nnc3ccc(Cl)cn23)CC1)c1cccc(F)c1. The Morgan fingerprint density at radius 1 is 1.19 bits per heavy atom. The second-order valence-corrected chi connectivity index (χ2v) is 6.76. The van der Waals surface area contributed by atoms with Crippen LogP contribution in [0.2, 0.25) is 5.02 Å². The zero-order chi connectivity index (χ0) is 18.1. The molecular formula is C18H17ClFN5O. The van der Waals surface area contributed by atoms with Crippen LogP contribution in [-0.4, -0.2) is 39.6 Å². The van der Waals surface area contributed by atoms with Crippen molar-refractivity contribution >= 4 is 29.1 Å². The molecule has 0 spiro atoms. The molecule has 26 heavy (non-hydrogen) atoms. The van der Waals surface area contributed by atoms with Crippen LogP contribution in [0.1, 0.15) is 23.2 Å². The summed E-state index contributed by atoms with van der Waals surface area (Å²) in [5, 5.41) is 12.0. The average molecular weight is 374 g/mol. The molecule has 6 nitrogen and oxygen atoms in total. The molecule has 2 aromatic heterocycles. The first-order valence-corrected chi connectivity index (χ1v) is 8.79. The largest absolute Gasteiger partial charge is 0.349 e. The third kappa shape index (κ3) is 3.35. The Kier molecular flexibility index (Phi) is 4.46. The topological polar surface area (TPSA) is 62.5 Å². The number of anilines is 1. The maximum absolute atomic E-state index is 13.3. The molecule has 0 unspecified atom stereocenters. The lowest BCUT2D eigenvalue weighted by atomic mass is 10.0. The Labute approximate surface area is 154 Å². The van der Waals surface area contributed by atoms with Gasteiger partial charge in [-0.3, -0.25) is 9.20 Å². The van der Waals surface area contributed by atoms with Crippen molar-refractivity contribution in [1.29, 1.82) is 0 Å². The molecule has 3 heterocycles. The van der Waals surface area contributed by atoms with E-state index in [2.05, 4.69) is 20.4 Å². The van der Waals surface area contributed by atoms with Crippen LogP contribution in [-0.2, 0) is 0 Å². The standard InChI is InChI=1S/C18H17ClFN5O/c19-13-4-5-16-22-23-18(25(16)11-13)24-8-6-15(7-9-24)21-17(26)12-2-1-3-14(20)10-12/h1-5,10-11,15H,6-9H2,(H,21,26). The maximum atomic E-state index is 13.3. The van der Waals surface area contributed by atoms with E-state index in [9.17, 15) is 9.18 Å². The van der Waals surface area contributed by atoms with E-state index < -0.39 is 5.82 Å². The fourth-order valence-electron chi connectivity index (χ4n) is 3.19. The summed E-state index contributed by atoms with van der Waals surface area (Å²) in [6.07, 6.45) is 3.34. The molecule has 1 N–H and O–H groups in total.